The standard InChI is InChI=1S/C15H19NO2/c1-2-15(17)16-9-10-8-13(10)11-4-3-5-14-12(11)6-7-18-14/h3-5,10,13H,2,6-9H2,1H3,(H,16,17)/t10-,13-/m0/s1. The Bertz CT molecular complexity index is 470. The van der Waals surface area contributed by atoms with E-state index in [1.54, 1.807) is 0 Å². The second-order valence-electron chi connectivity index (χ2n) is 5.18. The summed E-state index contributed by atoms with van der Waals surface area (Å²) in [6, 6.07) is 6.36. The van der Waals surface area contributed by atoms with E-state index in [1.807, 2.05) is 6.92 Å². The van der Waals surface area contributed by atoms with Crippen molar-refractivity contribution in [2.45, 2.75) is 32.1 Å². The predicted octanol–water partition coefficient (Wildman–Crippen LogP) is 2.25. The van der Waals surface area contributed by atoms with E-state index in [9.17, 15) is 4.79 Å². The van der Waals surface area contributed by atoms with Crippen molar-refractivity contribution in [2.75, 3.05) is 13.2 Å². The Morgan fingerprint density at radius 3 is 3.22 bits per heavy atom. The first kappa shape index (κ1) is 11.6. The van der Waals surface area contributed by atoms with Crippen molar-refractivity contribution in [3.05, 3.63) is 29.3 Å². The summed E-state index contributed by atoms with van der Waals surface area (Å²) in [5, 5.41) is 2.99. The number of benzene rings is 1. The zero-order valence-electron chi connectivity index (χ0n) is 10.7. The van der Waals surface area contributed by atoms with Gasteiger partial charge in [-0.2, -0.15) is 0 Å². The van der Waals surface area contributed by atoms with E-state index < -0.39 is 0 Å². The zero-order valence-corrected chi connectivity index (χ0v) is 10.7. The molecule has 2 atom stereocenters. The molecule has 1 aliphatic heterocycles. The maximum Gasteiger partial charge on any atom is 0.219 e. The quantitative estimate of drug-likeness (QED) is 0.883. The molecule has 1 aromatic carbocycles. The number of hydrogen-bond acceptors (Lipinski definition) is 2. The largest absolute Gasteiger partial charge is 0.493 e. The normalized spacial score (nSPS) is 24.3. The number of fused-ring (bicyclic) bond motifs is 1. The molecule has 1 fully saturated rings. The second-order valence-corrected chi connectivity index (χ2v) is 5.18. The van der Waals surface area contributed by atoms with Crippen LogP contribution < -0.4 is 10.1 Å². The molecule has 1 aliphatic carbocycles. The molecule has 96 valence electrons. The fourth-order valence-corrected chi connectivity index (χ4v) is 2.82. The molecule has 18 heavy (non-hydrogen) atoms. The lowest BCUT2D eigenvalue weighted by Crippen LogP contribution is -2.24. The molecule has 1 saturated carbocycles. The number of carbonyl (C=O) groups excluding carboxylic acids is 1. The van der Waals surface area contributed by atoms with Crippen molar-refractivity contribution in [2.24, 2.45) is 5.92 Å². The van der Waals surface area contributed by atoms with Crippen molar-refractivity contribution in [3.63, 3.8) is 0 Å². The van der Waals surface area contributed by atoms with Crippen LogP contribution in [0.25, 0.3) is 0 Å². The third-order valence-electron chi connectivity index (χ3n) is 3.98. The molecule has 3 heteroatoms. The predicted molar refractivity (Wildman–Crippen MR) is 69.8 cm³/mol. The van der Waals surface area contributed by atoms with Crippen LogP contribution in [0.4, 0.5) is 0 Å². The van der Waals surface area contributed by atoms with Crippen LogP contribution in [-0.2, 0) is 11.2 Å². The van der Waals surface area contributed by atoms with Gasteiger partial charge in [0.15, 0.2) is 0 Å². The van der Waals surface area contributed by atoms with E-state index >= 15 is 0 Å². The lowest BCUT2D eigenvalue weighted by molar-refractivity contribution is -0.120. The smallest absolute Gasteiger partial charge is 0.219 e. The Morgan fingerprint density at radius 1 is 1.50 bits per heavy atom. The van der Waals surface area contributed by atoms with Crippen LogP contribution in [0, 0.1) is 5.92 Å². The molecule has 2 aliphatic rings. The molecule has 0 unspecified atom stereocenters. The first-order valence-electron chi connectivity index (χ1n) is 6.81. The van der Waals surface area contributed by atoms with Gasteiger partial charge < -0.3 is 10.1 Å². The van der Waals surface area contributed by atoms with E-state index in [1.165, 1.54) is 17.5 Å². The Kier molecular flexibility index (Phi) is 2.98. The zero-order chi connectivity index (χ0) is 12.5. The summed E-state index contributed by atoms with van der Waals surface area (Å²) >= 11 is 0. The maximum atomic E-state index is 11.2. The minimum absolute atomic E-state index is 0.155. The highest BCUT2D eigenvalue weighted by Crippen LogP contribution is 2.50. The molecule has 0 aromatic heterocycles. The van der Waals surface area contributed by atoms with E-state index in [0.717, 1.165) is 25.3 Å². The molecule has 0 saturated heterocycles. The lowest BCUT2D eigenvalue weighted by atomic mass is 10.00. The SMILES string of the molecule is CCC(=O)NC[C@@H]1C[C@@H]1c1cccc2c1CCO2. The molecule has 1 N–H and O–H groups in total. The summed E-state index contributed by atoms with van der Waals surface area (Å²) in [7, 11) is 0. The highest BCUT2D eigenvalue weighted by Gasteiger charge is 2.40. The van der Waals surface area contributed by atoms with Gasteiger partial charge in [0.1, 0.15) is 5.75 Å². The molecule has 1 amide bonds. The Hall–Kier alpha value is -1.51. The molecule has 3 rings (SSSR count). The molecule has 3 nitrogen and oxygen atoms in total. The van der Waals surface area contributed by atoms with Crippen LogP contribution in [0.5, 0.6) is 5.75 Å². The monoisotopic (exact) mass is 245 g/mol. The summed E-state index contributed by atoms with van der Waals surface area (Å²) < 4.78 is 5.60. The van der Waals surface area contributed by atoms with E-state index in [-0.39, 0.29) is 5.91 Å². The Morgan fingerprint density at radius 2 is 2.39 bits per heavy atom. The number of rotatable bonds is 4. The summed E-state index contributed by atoms with van der Waals surface area (Å²) in [6.07, 6.45) is 2.81. The lowest BCUT2D eigenvalue weighted by Gasteiger charge is -2.07. The minimum Gasteiger partial charge on any atom is -0.493 e. The van der Waals surface area contributed by atoms with Crippen molar-refractivity contribution in [1.82, 2.24) is 5.32 Å². The molecule has 0 bridgehead atoms. The number of ether oxygens (including phenoxy) is 1. The number of hydrogen-bond donors (Lipinski definition) is 1. The van der Waals surface area contributed by atoms with E-state index in [4.69, 9.17) is 4.74 Å². The molecular weight excluding hydrogens is 226 g/mol. The molecule has 1 heterocycles. The van der Waals surface area contributed by atoms with Crippen molar-refractivity contribution in [3.8, 4) is 5.75 Å². The van der Waals surface area contributed by atoms with Gasteiger partial charge in [-0.1, -0.05) is 19.1 Å². The van der Waals surface area contributed by atoms with Gasteiger partial charge in [-0.05, 0) is 29.9 Å². The van der Waals surface area contributed by atoms with Gasteiger partial charge in [0, 0.05) is 24.9 Å². The molecular formula is C15H19NO2. The molecule has 0 radical (unpaired) electrons. The average Bonchev–Trinajstić information content (AvgIpc) is 3.00. The Labute approximate surface area is 108 Å². The third kappa shape index (κ3) is 2.09. The van der Waals surface area contributed by atoms with Crippen LogP contribution >= 0.6 is 0 Å². The Balaban J connectivity index is 1.64. The molecule has 1 aromatic rings. The van der Waals surface area contributed by atoms with Crippen LogP contribution in [0.3, 0.4) is 0 Å². The number of nitrogens with one attached hydrogen (secondary N) is 1. The number of carbonyl (C=O) groups is 1. The number of amides is 1. The maximum absolute atomic E-state index is 11.2. The fourth-order valence-electron chi connectivity index (χ4n) is 2.82. The van der Waals surface area contributed by atoms with Crippen molar-refractivity contribution >= 4 is 5.91 Å². The van der Waals surface area contributed by atoms with Gasteiger partial charge in [-0.15, -0.1) is 0 Å². The van der Waals surface area contributed by atoms with E-state index in [0.29, 0.717) is 18.3 Å². The van der Waals surface area contributed by atoms with Crippen LogP contribution in [0.1, 0.15) is 36.8 Å². The summed E-state index contributed by atoms with van der Waals surface area (Å²) in [5.74, 6) is 2.46. The first-order chi connectivity index (χ1) is 8.79. The fraction of sp³-hybridized carbons (Fsp3) is 0.533. The first-order valence-corrected chi connectivity index (χ1v) is 6.81. The third-order valence-corrected chi connectivity index (χ3v) is 3.98. The minimum atomic E-state index is 0.155. The van der Waals surface area contributed by atoms with Gasteiger partial charge in [0.05, 0.1) is 6.61 Å². The van der Waals surface area contributed by atoms with E-state index in [2.05, 4.69) is 23.5 Å². The van der Waals surface area contributed by atoms with Crippen molar-refractivity contribution in [1.29, 1.82) is 0 Å². The van der Waals surface area contributed by atoms with Gasteiger partial charge in [-0.25, -0.2) is 0 Å². The highest BCUT2D eigenvalue weighted by molar-refractivity contribution is 5.75. The van der Waals surface area contributed by atoms with Crippen LogP contribution in [0.2, 0.25) is 0 Å². The van der Waals surface area contributed by atoms with Gasteiger partial charge in [0.2, 0.25) is 5.91 Å². The topological polar surface area (TPSA) is 38.3 Å². The summed E-state index contributed by atoms with van der Waals surface area (Å²) in [6.45, 7) is 3.53. The van der Waals surface area contributed by atoms with Gasteiger partial charge in [0.25, 0.3) is 0 Å². The van der Waals surface area contributed by atoms with Crippen molar-refractivity contribution < 1.29 is 9.53 Å². The summed E-state index contributed by atoms with van der Waals surface area (Å²) in [5.41, 5.74) is 2.84. The summed E-state index contributed by atoms with van der Waals surface area (Å²) in [4.78, 5) is 11.2. The van der Waals surface area contributed by atoms with Gasteiger partial charge >= 0.3 is 0 Å². The molecule has 0 spiro atoms. The van der Waals surface area contributed by atoms with Crippen LogP contribution in [-0.4, -0.2) is 19.1 Å². The highest BCUT2D eigenvalue weighted by atomic mass is 16.5. The van der Waals surface area contributed by atoms with Gasteiger partial charge in [-0.3, -0.25) is 4.79 Å². The second kappa shape index (κ2) is 4.63. The average molecular weight is 245 g/mol. The van der Waals surface area contributed by atoms with Crippen LogP contribution in [0.15, 0.2) is 18.2 Å².